The highest BCUT2D eigenvalue weighted by molar-refractivity contribution is 5.75. The quantitative estimate of drug-likeness (QED) is 0.448. The maximum absolute atomic E-state index is 10.7. The van der Waals surface area contributed by atoms with E-state index in [2.05, 4.69) is 10.1 Å². The van der Waals surface area contributed by atoms with Crippen molar-refractivity contribution in [1.29, 1.82) is 0 Å². The number of aliphatic hydroxyl groups excluding tert-OH is 3. The molecule has 100 valence electrons. The van der Waals surface area contributed by atoms with Crippen LogP contribution in [0.3, 0.4) is 0 Å². The number of hydrogen-bond donors (Lipinski definition) is 4. The van der Waals surface area contributed by atoms with Gasteiger partial charge in [-0.1, -0.05) is 0 Å². The molecule has 1 aromatic rings. The van der Waals surface area contributed by atoms with E-state index in [1.807, 2.05) is 0 Å². The van der Waals surface area contributed by atoms with Gasteiger partial charge in [0.15, 0.2) is 12.1 Å². The Hall–Kier alpha value is -1.55. The molecule has 1 aliphatic heterocycles. The van der Waals surface area contributed by atoms with Crippen molar-refractivity contribution in [2.75, 3.05) is 6.61 Å². The number of amides is 1. The number of nitrogens with two attached hydrogens (primary N) is 1. The van der Waals surface area contributed by atoms with Gasteiger partial charge in [-0.3, -0.25) is 4.79 Å². The van der Waals surface area contributed by atoms with Gasteiger partial charge in [0.25, 0.3) is 0 Å². The van der Waals surface area contributed by atoms with Gasteiger partial charge in [-0.05, 0) is 0 Å². The number of aliphatic hydroxyl groups is 3. The molecule has 1 amide bonds. The maximum Gasteiger partial charge on any atom is 0.225 e. The van der Waals surface area contributed by atoms with Crippen molar-refractivity contribution in [1.82, 2.24) is 14.8 Å². The van der Waals surface area contributed by atoms with Crippen LogP contribution >= 0.6 is 0 Å². The Bertz CT molecular complexity index is 436. The van der Waals surface area contributed by atoms with Crippen LogP contribution in [-0.4, -0.2) is 60.9 Å². The van der Waals surface area contributed by atoms with Gasteiger partial charge in [0.1, 0.15) is 24.6 Å². The van der Waals surface area contributed by atoms with Crippen LogP contribution in [0, 0.1) is 0 Å². The number of ether oxygens (including phenoxy) is 1. The van der Waals surface area contributed by atoms with Crippen LogP contribution in [0.15, 0.2) is 6.33 Å². The zero-order valence-corrected chi connectivity index (χ0v) is 9.38. The molecule has 1 saturated heterocycles. The largest absolute Gasteiger partial charge is 0.394 e. The molecule has 18 heavy (non-hydrogen) atoms. The zero-order valence-electron chi connectivity index (χ0n) is 9.38. The predicted molar refractivity (Wildman–Crippen MR) is 55.9 cm³/mol. The van der Waals surface area contributed by atoms with Crippen molar-refractivity contribution in [3.63, 3.8) is 0 Å². The third-order valence-corrected chi connectivity index (χ3v) is 2.67. The fourth-order valence-electron chi connectivity index (χ4n) is 1.77. The van der Waals surface area contributed by atoms with E-state index in [9.17, 15) is 15.0 Å². The standard InChI is InChI=1S/C9H14N4O5/c10-5(15)1-6-11-3-13(12-6)9-8(17)7(16)4(2-14)18-9/h3-4,7-9,14,16-17H,1-2H2,(H2,10,15)/t4-,7-,8-,9?/m1/s1. The van der Waals surface area contributed by atoms with E-state index in [4.69, 9.17) is 15.6 Å². The molecule has 0 bridgehead atoms. The molecule has 1 aromatic heterocycles. The Balaban J connectivity index is 2.12. The molecule has 9 nitrogen and oxygen atoms in total. The molecule has 2 rings (SSSR count). The molecule has 0 aromatic carbocycles. The molecule has 4 atom stereocenters. The highest BCUT2D eigenvalue weighted by atomic mass is 16.6. The number of hydrogen-bond acceptors (Lipinski definition) is 7. The summed E-state index contributed by atoms with van der Waals surface area (Å²) in [5.74, 6) is -0.380. The van der Waals surface area contributed by atoms with Crippen LogP contribution in [0.1, 0.15) is 12.1 Å². The topological polar surface area (TPSA) is 144 Å². The highest BCUT2D eigenvalue weighted by Gasteiger charge is 2.43. The van der Waals surface area contributed by atoms with Gasteiger partial charge in [0.05, 0.1) is 13.0 Å². The zero-order chi connectivity index (χ0) is 13.3. The van der Waals surface area contributed by atoms with Crippen molar-refractivity contribution < 1.29 is 24.9 Å². The number of carbonyl (C=O) groups is 1. The van der Waals surface area contributed by atoms with Crippen molar-refractivity contribution in [3.8, 4) is 0 Å². The number of carbonyl (C=O) groups excluding carboxylic acids is 1. The molecule has 9 heteroatoms. The number of rotatable bonds is 4. The number of aromatic nitrogens is 3. The lowest BCUT2D eigenvalue weighted by atomic mass is 10.1. The molecule has 0 aliphatic carbocycles. The van der Waals surface area contributed by atoms with E-state index in [0.717, 1.165) is 0 Å². The summed E-state index contributed by atoms with van der Waals surface area (Å²) < 4.78 is 6.42. The van der Waals surface area contributed by atoms with E-state index < -0.39 is 37.1 Å². The van der Waals surface area contributed by atoms with Crippen LogP contribution in [0.4, 0.5) is 0 Å². The first-order valence-corrected chi connectivity index (χ1v) is 5.33. The van der Waals surface area contributed by atoms with E-state index in [1.165, 1.54) is 11.0 Å². The molecule has 5 N–H and O–H groups in total. The van der Waals surface area contributed by atoms with Crippen LogP contribution in [-0.2, 0) is 16.0 Å². The predicted octanol–water partition coefficient (Wildman–Crippen LogP) is -3.08. The number of nitrogens with zero attached hydrogens (tertiary/aromatic N) is 3. The van der Waals surface area contributed by atoms with Crippen molar-refractivity contribution in [2.24, 2.45) is 5.73 Å². The first kappa shape index (κ1) is 12.9. The average molecular weight is 258 g/mol. The van der Waals surface area contributed by atoms with Gasteiger partial charge in [0, 0.05) is 0 Å². The van der Waals surface area contributed by atoms with Crippen LogP contribution < -0.4 is 5.73 Å². The van der Waals surface area contributed by atoms with Crippen molar-refractivity contribution in [3.05, 3.63) is 12.2 Å². The fraction of sp³-hybridized carbons (Fsp3) is 0.667. The molecular weight excluding hydrogens is 244 g/mol. The summed E-state index contributed by atoms with van der Waals surface area (Å²) >= 11 is 0. The summed E-state index contributed by atoms with van der Waals surface area (Å²) in [6.45, 7) is -0.419. The summed E-state index contributed by atoms with van der Waals surface area (Å²) in [6, 6.07) is 0. The summed E-state index contributed by atoms with van der Waals surface area (Å²) in [4.78, 5) is 14.5. The summed E-state index contributed by atoms with van der Waals surface area (Å²) in [6.07, 6.45) is -3.13. The SMILES string of the molecule is NC(=O)Cc1ncn(C2O[C@H](CO)[C@@H](O)[C@H]2O)n1. The van der Waals surface area contributed by atoms with E-state index in [0.29, 0.717) is 0 Å². The van der Waals surface area contributed by atoms with Gasteiger partial charge in [-0.15, -0.1) is 0 Å². The second-order valence-electron chi connectivity index (χ2n) is 4.01. The van der Waals surface area contributed by atoms with Gasteiger partial charge in [-0.25, -0.2) is 9.67 Å². The Morgan fingerprint density at radius 3 is 2.78 bits per heavy atom. The highest BCUT2D eigenvalue weighted by Crippen LogP contribution is 2.28. The monoisotopic (exact) mass is 258 g/mol. The number of primary amides is 1. The minimum atomic E-state index is -1.23. The summed E-state index contributed by atoms with van der Waals surface area (Å²) in [7, 11) is 0. The molecule has 0 spiro atoms. The minimum absolute atomic E-state index is 0.123. The normalized spacial score (nSPS) is 31.7. The summed E-state index contributed by atoms with van der Waals surface area (Å²) in [5.41, 5.74) is 5.00. The Kier molecular flexibility index (Phi) is 3.57. The third kappa shape index (κ3) is 2.34. The van der Waals surface area contributed by atoms with Crippen LogP contribution in [0.5, 0.6) is 0 Å². The lowest BCUT2D eigenvalue weighted by Gasteiger charge is -2.13. The van der Waals surface area contributed by atoms with Gasteiger partial charge >= 0.3 is 0 Å². The molecule has 1 unspecified atom stereocenters. The molecule has 1 fully saturated rings. The lowest BCUT2D eigenvalue weighted by Crippen LogP contribution is -2.33. The first-order valence-electron chi connectivity index (χ1n) is 5.33. The lowest BCUT2D eigenvalue weighted by molar-refractivity contribution is -0.117. The van der Waals surface area contributed by atoms with E-state index in [1.54, 1.807) is 0 Å². The molecule has 0 radical (unpaired) electrons. The second kappa shape index (κ2) is 4.98. The first-order chi connectivity index (χ1) is 8.52. The molecule has 1 aliphatic rings. The average Bonchev–Trinajstić information content (AvgIpc) is 2.86. The van der Waals surface area contributed by atoms with Gasteiger partial charge in [0.2, 0.25) is 5.91 Å². The van der Waals surface area contributed by atoms with Crippen LogP contribution in [0.2, 0.25) is 0 Å². The van der Waals surface area contributed by atoms with Crippen molar-refractivity contribution in [2.45, 2.75) is 31.0 Å². The van der Waals surface area contributed by atoms with Crippen LogP contribution in [0.25, 0.3) is 0 Å². The fourth-order valence-corrected chi connectivity index (χ4v) is 1.77. The summed E-state index contributed by atoms with van der Waals surface area (Å²) in [5, 5.41) is 32.2. The Labute approximate surface area is 102 Å². The van der Waals surface area contributed by atoms with E-state index in [-0.39, 0.29) is 12.2 Å². The second-order valence-corrected chi connectivity index (χ2v) is 4.01. The Morgan fingerprint density at radius 2 is 2.22 bits per heavy atom. The molecule has 2 heterocycles. The molecular formula is C9H14N4O5. The third-order valence-electron chi connectivity index (χ3n) is 2.67. The molecule has 0 saturated carbocycles. The van der Waals surface area contributed by atoms with E-state index >= 15 is 0 Å². The van der Waals surface area contributed by atoms with Gasteiger partial charge < -0.3 is 25.8 Å². The maximum atomic E-state index is 10.7. The van der Waals surface area contributed by atoms with Crippen molar-refractivity contribution >= 4 is 5.91 Å². The van der Waals surface area contributed by atoms with Gasteiger partial charge in [-0.2, -0.15) is 5.10 Å². The Morgan fingerprint density at radius 1 is 1.50 bits per heavy atom. The minimum Gasteiger partial charge on any atom is -0.394 e. The smallest absolute Gasteiger partial charge is 0.225 e.